The number of para-hydroxylation sites is 1. The first-order valence-electron chi connectivity index (χ1n) is 7.87. The molecule has 6 heteroatoms. The van der Waals surface area contributed by atoms with E-state index in [9.17, 15) is 0 Å². The molecule has 0 saturated carbocycles. The van der Waals surface area contributed by atoms with Crippen LogP contribution in [-0.4, -0.2) is 39.4 Å². The molecule has 120 valence electrons. The Balaban J connectivity index is 1.56. The van der Waals surface area contributed by atoms with Gasteiger partial charge in [0.1, 0.15) is 23.8 Å². The molecule has 1 aliphatic heterocycles. The van der Waals surface area contributed by atoms with E-state index in [1.54, 1.807) is 6.33 Å². The Kier molecular flexibility index (Phi) is 3.63. The fourth-order valence-electron chi connectivity index (χ4n) is 3.23. The molecule has 0 radical (unpaired) electrons. The molecule has 1 fully saturated rings. The fourth-order valence-corrected chi connectivity index (χ4v) is 3.23. The lowest BCUT2D eigenvalue weighted by molar-refractivity contribution is -0.0385. The van der Waals surface area contributed by atoms with Crippen LogP contribution in [0.1, 0.15) is 23.3 Å². The number of hydrogen-bond donors (Lipinski definition) is 0. The van der Waals surface area contributed by atoms with Gasteiger partial charge in [0, 0.05) is 37.6 Å². The molecule has 1 aliphatic rings. The van der Waals surface area contributed by atoms with Crippen molar-refractivity contribution in [2.24, 2.45) is 7.05 Å². The molecular formula is C17H20N4O2. The van der Waals surface area contributed by atoms with E-state index in [4.69, 9.17) is 9.15 Å². The Morgan fingerprint density at radius 3 is 3.00 bits per heavy atom. The Hall–Kier alpha value is -2.18. The molecule has 0 N–H and O–H groups in total. The first-order valence-corrected chi connectivity index (χ1v) is 7.87. The number of furan rings is 1. The largest absolute Gasteiger partial charge is 0.461 e. The fraction of sp³-hybridized carbons (Fsp3) is 0.412. The van der Waals surface area contributed by atoms with Gasteiger partial charge in [-0.15, -0.1) is 10.2 Å². The first-order chi connectivity index (χ1) is 11.2. The predicted molar refractivity (Wildman–Crippen MR) is 85.9 cm³/mol. The Morgan fingerprint density at radius 2 is 2.17 bits per heavy atom. The second kappa shape index (κ2) is 5.79. The number of fused-ring (bicyclic) bond motifs is 1. The Morgan fingerprint density at radius 1 is 1.30 bits per heavy atom. The predicted octanol–water partition coefficient (Wildman–Crippen LogP) is 2.44. The molecule has 0 spiro atoms. The Labute approximate surface area is 134 Å². The number of benzene rings is 1. The molecule has 0 amide bonds. The van der Waals surface area contributed by atoms with Crippen LogP contribution < -0.4 is 0 Å². The first kappa shape index (κ1) is 14.4. The van der Waals surface area contributed by atoms with Gasteiger partial charge in [-0.1, -0.05) is 18.2 Å². The van der Waals surface area contributed by atoms with Crippen LogP contribution in [0.25, 0.3) is 11.0 Å². The molecule has 3 aromatic rings. The molecule has 1 atom stereocenters. The second-order valence-corrected chi connectivity index (χ2v) is 6.03. The third kappa shape index (κ3) is 2.64. The zero-order valence-corrected chi connectivity index (χ0v) is 13.4. The molecular weight excluding hydrogens is 292 g/mol. The summed E-state index contributed by atoms with van der Waals surface area (Å²) in [5, 5.41) is 9.33. The summed E-state index contributed by atoms with van der Waals surface area (Å²) in [5.74, 6) is 1.87. The van der Waals surface area contributed by atoms with Crippen LogP contribution in [0.4, 0.5) is 0 Å². The van der Waals surface area contributed by atoms with Crippen molar-refractivity contribution in [1.29, 1.82) is 0 Å². The van der Waals surface area contributed by atoms with Gasteiger partial charge in [0.25, 0.3) is 0 Å². The zero-order chi connectivity index (χ0) is 15.8. The van der Waals surface area contributed by atoms with Gasteiger partial charge in [0.05, 0.1) is 6.61 Å². The zero-order valence-electron chi connectivity index (χ0n) is 13.4. The summed E-state index contributed by atoms with van der Waals surface area (Å²) in [5.41, 5.74) is 2.22. The number of morpholine rings is 1. The lowest BCUT2D eigenvalue weighted by atomic mass is 10.1. The van der Waals surface area contributed by atoms with Crippen molar-refractivity contribution in [3.63, 3.8) is 0 Å². The maximum Gasteiger partial charge on any atom is 0.163 e. The van der Waals surface area contributed by atoms with E-state index >= 15 is 0 Å². The summed E-state index contributed by atoms with van der Waals surface area (Å²) in [6.07, 6.45) is 1.68. The molecule has 1 saturated heterocycles. The highest BCUT2D eigenvalue weighted by Gasteiger charge is 2.26. The molecule has 0 aliphatic carbocycles. The van der Waals surface area contributed by atoms with Gasteiger partial charge < -0.3 is 13.7 Å². The highest BCUT2D eigenvalue weighted by molar-refractivity contribution is 5.82. The van der Waals surface area contributed by atoms with E-state index in [0.717, 1.165) is 36.8 Å². The molecule has 3 heterocycles. The van der Waals surface area contributed by atoms with Crippen LogP contribution in [0.2, 0.25) is 0 Å². The number of nitrogens with zero attached hydrogens (tertiary/aromatic N) is 4. The second-order valence-electron chi connectivity index (χ2n) is 6.03. The van der Waals surface area contributed by atoms with Gasteiger partial charge in [-0.05, 0) is 13.0 Å². The average molecular weight is 312 g/mol. The SMILES string of the molecule is Cc1oc2ccccc2c1CN1CCOC(c2nncn2C)C1. The number of hydrogen-bond acceptors (Lipinski definition) is 5. The van der Waals surface area contributed by atoms with Gasteiger partial charge in [-0.3, -0.25) is 4.90 Å². The van der Waals surface area contributed by atoms with Crippen molar-refractivity contribution in [2.45, 2.75) is 19.6 Å². The number of aromatic nitrogens is 3. The smallest absolute Gasteiger partial charge is 0.163 e. The van der Waals surface area contributed by atoms with E-state index in [1.807, 2.05) is 30.7 Å². The van der Waals surface area contributed by atoms with Crippen molar-refractivity contribution in [3.05, 3.63) is 47.7 Å². The monoisotopic (exact) mass is 312 g/mol. The molecule has 23 heavy (non-hydrogen) atoms. The minimum Gasteiger partial charge on any atom is -0.461 e. The van der Waals surface area contributed by atoms with E-state index in [-0.39, 0.29) is 6.10 Å². The topological polar surface area (TPSA) is 56.3 Å². The van der Waals surface area contributed by atoms with E-state index in [0.29, 0.717) is 6.61 Å². The Bertz CT molecular complexity index is 823. The minimum absolute atomic E-state index is 0.0327. The standard InChI is InChI=1S/C17H20N4O2/c1-12-14(13-5-3-4-6-15(13)23-12)9-21-7-8-22-16(10-21)17-19-18-11-20(17)2/h3-6,11,16H,7-10H2,1-2H3. The molecule has 1 aromatic carbocycles. The minimum atomic E-state index is -0.0327. The summed E-state index contributed by atoms with van der Waals surface area (Å²) in [7, 11) is 1.95. The van der Waals surface area contributed by atoms with Gasteiger partial charge in [0.15, 0.2) is 5.82 Å². The van der Waals surface area contributed by atoms with Crippen molar-refractivity contribution >= 4 is 11.0 Å². The quantitative estimate of drug-likeness (QED) is 0.743. The third-order valence-corrected chi connectivity index (χ3v) is 4.47. The van der Waals surface area contributed by atoms with E-state index < -0.39 is 0 Å². The maximum absolute atomic E-state index is 5.88. The van der Waals surface area contributed by atoms with Gasteiger partial charge in [0.2, 0.25) is 0 Å². The molecule has 2 aromatic heterocycles. The molecule has 1 unspecified atom stereocenters. The number of ether oxygens (including phenoxy) is 1. The highest BCUT2D eigenvalue weighted by Crippen LogP contribution is 2.28. The van der Waals surface area contributed by atoms with Crippen LogP contribution in [0.5, 0.6) is 0 Å². The lowest BCUT2D eigenvalue weighted by Crippen LogP contribution is -2.38. The normalized spacial score (nSPS) is 19.5. The highest BCUT2D eigenvalue weighted by atomic mass is 16.5. The van der Waals surface area contributed by atoms with Crippen molar-refractivity contribution in [1.82, 2.24) is 19.7 Å². The molecule has 0 bridgehead atoms. The van der Waals surface area contributed by atoms with Crippen molar-refractivity contribution in [3.8, 4) is 0 Å². The number of rotatable bonds is 3. The van der Waals surface area contributed by atoms with Crippen LogP contribution in [0.15, 0.2) is 35.0 Å². The average Bonchev–Trinajstić information content (AvgIpc) is 3.12. The van der Waals surface area contributed by atoms with Crippen molar-refractivity contribution < 1.29 is 9.15 Å². The van der Waals surface area contributed by atoms with E-state index in [1.165, 1.54) is 10.9 Å². The van der Waals surface area contributed by atoms with Gasteiger partial charge >= 0.3 is 0 Å². The van der Waals surface area contributed by atoms with Crippen LogP contribution in [0, 0.1) is 6.92 Å². The summed E-state index contributed by atoms with van der Waals surface area (Å²) in [6.45, 7) is 5.32. The van der Waals surface area contributed by atoms with Crippen LogP contribution in [0.3, 0.4) is 0 Å². The molecule has 4 rings (SSSR count). The molecule has 6 nitrogen and oxygen atoms in total. The summed E-state index contributed by atoms with van der Waals surface area (Å²) in [6, 6.07) is 8.21. The van der Waals surface area contributed by atoms with Crippen molar-refractivity contribution in [2.75, 3.05) is 19.7 Å². The summed E-state index contributed by atoms with van der Waals surface area (Å²) >= 11 is 0. The number of aryl methyl sites for hydroxylation is 2. The van der Waals surface area contributed by atoms with Crippen LogP contribution in [-0.2, 0) is 18.3 Å². The van der Waals surface area contributed by atoms with E-state index in [2.05, 4.69) is 27.2 Å². The van der Waals surface area contributed by atoms with Crippen LogP contribution >= 0.6 is 0 Å². The van der Waals surface area contributed by atoms with Gasteiger partial charge in [-0.25, -0.2) is 0 Å². The summed E-state index contributed by atoms with van der Waals surface area (Å²) in [4.78, 5) is 2.40. The maximum atomic E-state index is 5.88. The lowest BCUT2D eigenvalue weighted by Gasteiger charge is -2.32. The van der Waals surface area contributed by atoms with Gasteiger partial charge in [-0.2, -0.15) is 0 Å². The summed E-state index contributed by atoms with van der Waals surface area (Å²) < 4.78 is 13.7. The third-order valence-electron chi connectivity index (χ3n) is 4.47.